The van der Waals surface area contributed by atoms with Crippen LogP contribution in [0.25, 0.3) is 0 Å². The molecule has 0 spiro atoms. The zero-order chi connectivity index (χ0) is 13.0. The fraction of sp³-hybridized carbons (Fsp3) is 1.00. The van der Waals surface area contributed by atoms with Gasteiger partial charge in [-0.05, 0) is 43.9 Å². The smallest absolute Gasteiger partial charge is 0.0110 e. The van der Waals surface area contributed by atoms with E-state index in [0.717, 1.165) is 37.0 Å². The van der Waals surface area contributed by atoms with Gasteiger partial charge in [-0.15, -0.1) is 0 Å². The topological polar surface area (TPSA) is 29.3 Å². The number of rotatable bonds is 4. The molecule has 0 radical (unpaired) electrons. The van der Waals surface area contributed by atoms with E-state index in [-0.39, 0.29) is 0 Å². The Morgan fingerprint density at radius 1 is 0.889 bits per heavy atom. The quantitative estimate of drug-likeness (QED) is 0.831. The summed E-state index contributed by atoms with van der Waals surface area (Å²) < 4.78 is 0. The lowest BCUT2D eigenvalue weighted by Crippen LogP contribution is -2.49. The van der Waals surface area contributed by atoms with Gasteiger partial charge in [-0.2, -0.15) is 0 Å². The Balaban J connectivity index is 1.95. The second-order valence-corrected chi connectivity index (χ2v) is 6.74. The van der Waals surface area contributed by atoms with Crippen molar-refractivity contribution in [3.63, 3.8) is 0 Å². The molecule has 3 atom stereocenters. The van der Waals surface area contributed by atoms with Crippen LogP contribution in [0.5, 0.6) is 0 Å². The van der Waals surface area contributed by atoms with E-state index >= 15 is 0 Å². The molecule has 0 aliphatic heterocycles. The molecule has 2 saturated carbocycles. The van der Waals surface area contributed by atoms with E-state index in [0.29, 0.717) is 0 Å². The van der Waals surface area contributed by atoms with Gasteiger partial charge < -0.3 is 5.73 Å². The average molecular weight is 252 g/mol. The predicted molar refractivity (Wildman–Crippen MR) is 78.6 cm³/mol. The summed E-state index contributed by atoms with van der Waals surface area (Å²) >= 11 is 0. The molecule has 2 aliphatic carbocycles. The minimum Gasteiger partial charge on any atom is -0.329 e. The third-order valence-corrected chi connectivity index (χ3v) is 5.47. The van der Waals surface area contributed by atoms with E-state index in [2.05, 4.69) is 18.7 Å². The van der Waals surface area contributed by atoms with Crippen molar-refractivity contribution in [2.45, 2.75) is 77.3 Å². The lowest BCUT2D eigenvalue weighted by Gasteiger charge is -2.44. The summed E-state index contributed by atoms with van der Waals surface area (Å²) in [5.74, 6) is 1.82. The summed E-state index contributed by atoms with van der Waals surface area (Å²) in [6.07, 6.45) is 11.4. The number of hydrogen-bond donors (Lipinski definition) is 1. The van der Waals surface area contributed by atoms with Crippen molar-refractivity contribution in [2.24, 2.45) is 17.6 Å². The molecule has 2 aliphatic rings. The molecule has 0 aromatic carbocycles. The van der Waals surface area contributed by atoms with Crippen LogP contribution in [0.4, 0.5) is 0 Å². The first-order valence-corrected chi connectivity index (χ1v) is 8.18. The zero-order valence-corrected chi connectivity index (χ0v) is 12.4. The summed E-state index contributed by atoms with van der Waals surface area (Å²) in [7, 11) is 0. The van der Waals surface area contributed by atoms with Crippen LogP contribution in [0.1, 0.15) is 65.2 Å². The molecule has 18 heavy (non-hydrogen) atoms. The highest BCUT2D eigenvalue weighted by atomic mass is 15.2. The Bertz CT molecular complexity index is 235. The molecule has 2 N–H and O–H groups in total. The van der Waals surface area contributed by atoms with Gasteiger partial charge in [-0.1, -0.05) is 33.1 Å². The van der Waals surface area contributed by atoms with Gasteiger partial charge in [0.15, 0.2) is 0 Å². The summed E-state index contributed by atoms with van der Waals surface area (Å²) in [5.41, 5.74) is 5.86. The van der Waals surface area contributed by atoms with Crippen molar-refractivity contribution in [2.75, 3.05) is 13.1 Å². The van der Waals surface area contributed by atoms with Gasteiger partial charge in [0.1, 0.15) is 0 Å². The monoisotopic (exact) mass is 252 g/mol. The van der Waals surface area contributed by atoms with Gasteiger partial charge in [0.2, 0.25) is 0 Å². The molecule has 2 heteroatoms. The van der Waals surface area contributed by atoms with Crippen LogP contribution in [-0.4, -0.2) is 30.1 Å². The minimum absolute atomic E-state index is 0.822. The Morgan fingerprint density at radius 3 is 2.22 bits per heavy atom. The molecule has 2 fully saturated rings. The third kappa shape index (κ3) is 3.48. The number of nitrogens with zero attached hydrogens (tertiary/aromatic N) is 1. The largest absolute Gasteiger partial charge is 0.329 e. The zero-order valence-electron chi connectivity index (χ0n) is 12.4. The molecule has 0 amide bonds. The third-order valence-electron chi connectivity index (χ3n) is 5.47. The lowest BCUT2D eigenvalue weighted by molar-refractivity contribution is 0.0573. The van der Waals surface area contributed by atoms with Crippen molar-refractivity contribution < 1.29 is 0 Å². The van der Waals surface area contributed by atoms with E-state index in [9.17, 15) is 0 Å². The van der Waals surface area contributed by atoms with E-state index in [4.69, 9.17) is 5.73 Å². The molecule has 0 aromatic heterocycles. The Labute approximate surface area is 113 Å². The number of hydrogen-bond acceptors (Lipinski definition) is 2. The van der Waals surface area contributed by atoms with Gasteiger partial charge in [0.05, 0.1) is 0 Å². The maximum absolute atomic E-state index is 5.86. The highest BCUT2D eigenvalue weighted by Gasteiger charge is 2.32. The first kappa shape index (κ1) is 14.3. The van der Waals surface area contributed by atoms with Gasteiger partial charge in [-0.25, -0.2) is 0 Å². The van der Waals surface area contributed by atoms with Crippen LogP contribution in [0.2, 0.25) is 0 Å². The van der Waals surface area contributed by atoms with Crippen molar-refractivity contribution in [3.8, 4) is 0 Å². The van der Waals surface area contributed by atoms with Crippen molar-refractivity contribution >= 4 is 0 Å². The van der Waals surface area contributed by atoms with Gasteiger partial charge in [0, 0.05) is 25.2 Å². The lowest BCUT2D eigenvalue weighted by atomic mass is 9.77. The molecule has 0 bridgehead atoms. The fourth-order valence-electron chi connectivity index (χ4n) is 4.05. The summed E-state index contributed by atoms with van der Waals surface area (Å²) in [6, 6.07) is 1.66. The van der Waals surface area contributed by atoms with Crippen LogP contribution in [0.15, 0.2) is 0 Å². The van der Waals surface area contributed by atoms with Crippen LogP contribution in [0, 0.1) is 11.8 Å². The molecule has 0 saturated heterocycles. The Kier molecular flexibility index (Phi) is 5.50. The van der Waals surface area contributed by atoms with E-state index < -0.39 is 0 Å². The summed E-state index contributed by atoms with van der Waals surface area (Å²) in [5, 5.41) is 0. The highest BCUT2D eigenvalue weighted by Crippen LogP contribution is 2.34. The van der Waals surface area contributed by atoms with Crippen LogP contribution in [0.3, 0.4) is 0 Å². The van der Waals surface area contributed by atoms with Crippen molar-refractivity contribution in [1.82, 2.24) is 4.90 Å². The van der Waals surface area contributed by atoms with E-state index in [1.54, 1.807) is 0 Å². The molecule has 0 heterocycles. The Morgan fingerprint density at radius 2 is 1.61 bits per heavy atom. The van der Waals surface area contributed by atoms with Gasteiger partial charge in [-0.3, -0.25) is 4.90 Å². The maximum Gasteiger partial charge on any atom is 0.0110 e. The summed E-state index contributed by atoms with van der Waals surface area (Å²) in [4.78, 5) is 2.79. The second-order valence-electron chi connectivity index (χ2n) is 6.74. The maximum atomic E-state index is 5.86. The van der Waals surface area contributed by atoms with Gasteiger partial charge in [0.25, 0.3) is 0 Å². The second kappa shape index (κ2) is 6.91. The van der Waals surface area contributed by atoms with E-state index in [1.807, 2.05) is 0 Å². The Hall–Kier alpha value is -0.0800. The predicted octanol–water partition coefficient (Wildman–Crippen LogP) is 3.40. The normalized spacial score (nSPS) is 35.0. The molecule has 106 valence electrons. The minimum atomic E-state index is 0.822. The molecular formula is C16H32N2. The van der Waals surface area contributed by atoms with Crippen molar-refractivity contribution in [1.29, 1.82) is 0 Å². The molecule has 0 aromatic rings. The molecular weight excluding hydrogens is 220 g/mol. The van der Waals surface area contributed by atoms with E-state index in [1.165, 1.54) is 51.4 Å². The van der Waals surface area contributed by atoms with Crippen molar-refractivity contribution in [3.05, 3.63) is 0 Å². The SMILES string of the molecule is CC1CCC(N(CCN)C2CCCCC2)CC1C. The van der Waals surface area contributed by atoms with Crippen LogP contribution >= 0.6 is 0 Å². The molecule has 3 unspecified atom stereocenters. The average Bonchev–Trinajstić information content (AvgIpc) is 2.40. The first-order chi connectivity index (χ1) is 8.72. The highest BCUT2D eigenvalue weighted by molar-refractivity contribution is 4.87. The number of nitrogens with two attached hydrogens (primary N) is 1. The van der Waals surface area contributed by atoms with Crippen LogP contribution in [-0.2, 0) is 0 Å². The summed E-state index contributed by atoms with van der Waals surface area (Å²) in [6.45, 7) is 6.82. The standard InChI is InChI=1S/C16H32N2/c1-13-8-9-16(12-14(13)2)18(11-10-17)15-6-4-3-5-7-15/h13-16H,3-12,17H2,1-2H3. The van der Waals surface area contributed by atoms with Gasteiger partial charge >= 0.3 is 0 Å². The first-order valence-electron chi connectivity index (χ1n) is 8.18. The molecule has 2 nitrogen and oxygen atoms in total. The van der Waals surface area contributed by atoms with Crippen LogP contribution < -0.4 is 5.73 Å². The fourth-order valence-corrected chi connectivity index (χ4v) is 4.05. The molecule has 2 rings (SSSR count).